The lowest BCUT2D eigenvalue weighted by Crippen LogP contribution is -2.07. The predicted molar refractivity (Wildman–Crippen MR) is 114 cm³/mol. The average Bonchev–Trinajstić information content (AvgIpc) is 3.15. The van der Waals surface area contributed by atoms with E-state index in [-0.39, 0.29) is 5.56 Å². The maximum absolute atomic E-state index is 12.4. The summed E-state index contributed by atoms with van der Waals surface area (Å²) in [6.07, 6.45) is 0.823. The van der Waals surface area contributed by atoms with Crippen molar-refractivity contribution in [1.29, 1.82) is 0 Å². The maximum Gasteiger partial charge on any atom is 0.266 e. The van der Waals surface area contributed by atoms with E-state index in [0.29, 0.717) is 6.54 Å². The van der Waals surface area contributed by atoms with Crippen LogP contribution in [0.2, 0.25) is 0 Å². The number of thiophene rings is 1. The Labute approximate surface area is 160 Å². The third-order valence-corrected chi connectivity index (χ3v) is 5.63. The van der Waals surface area contributed by atoms with E-state index in [1.807, 2.05) is 36.6 Å². The normalized spacial score (nSPS) is 11.2. The molecule has 0 aliphatic rings. The minimum Gasteiger partial charge on any atom is -0.495 e. The van der Waals surface area contributed by atoms with Crippen LogP contribution in [0, 0.1) is 6.92 Å². The monoisotopic (exact) mass is 379 g/mol. The second-order valence-corrected chi connectivity index (χ2v) is 7.42. The van der Waals surface area contributed by atoms with E-state index in [4.69, 9.17) is 10.5 Å². The maximum atomic E-state index is 12.4. The molecule has 2 heterocycles. The lowest BCUT2D eigenvalue weighted by atomic mass is 10.0. The van der Waals surface area contributed by atoms with Crippen molar-refractivity contribution in [1.82, 2.24) is 4.98 Å². The molecule has 0 fully saturated rings. The van der Waals surface area contributed by atoms with Crippen molar-refractivity contribution in [3.8, 4) is 5.75 Å². The minimum atomic E-state index is -0.0586. The number of aryl methyl sites for hydroxylation is 1. The number of aromatic amines is 1. The summed E-state index contributed by atoms with van der Waals surface area (Å²) in [5.74, 6) is 0.740. The van der Waals surface area contributed by atoms with E-state index in [1.54, 1.807) is 7.11 Å². The minimum absolute atomic E-state index is 0.0586. The molecule has 0 aliphatic carbocycles. The molecule has 5 nitrogen and oxygen atoms in total. The van der Waals surface area contributed by atoms with Crippen LogP contribution in [0.4, 0.5) is 11.4 Å². The molecule has 4 aromatic rings. The average molecular weight is 379 g/mol. The molecule has 0 amide bonds. The first-order chi connectivity index (χ1) is 13.1. The molecular weight excluding hydrogens is 358 g/mol. The van der Waals surface area contributed by atoms with Gasteiger partial charge in [0.15, 0.2) is 0 Å². The first-order valence-electron chi connectivity index (χ1n) is 8.79. The van der Waals surface area contributed by atoms with E-state index in [9.17, 15) is 4.79 Å². The summed E-state index contributed by atoms with van der Waals surface area (Å²) in [5.41, 5.74) is 10.4. The standard InChI is InChI=1S/C21H21N3O2S/c1-12-10-16(26-2)19(23-14-5-3-4-13(11-14)6-8-22)17-15-7-9-27-20(15)21(25)24-18(12)17/h3-5,7,9-11,23H,6,8,22H2,1-2H3,(H,24,25). The Morgan fingerprint density at radius 2 is 2.11 bits per heavy atom. The van der Waals surface area contributed by atoms with Crippen molar-refractivity contribution in [3.05, 3.63) is 63.3 Å². The lowest BCUT2D eigenvalue weighted by molar-refractivity contribution is 0.417. The Hall–Kier alpha value is -2.83. The third-order valence-electron chi connectivity index (χ3n) is 4.72. The van der Waals surface area contributed by atoms with Crippen LogP contribution < -0.4 is 21.3 Å². The van der Waals surface area contributed by atoms with E-state index >= 15 is 0 Å². The van der Waals surface area contributed by atoms with E-state index in [1.165, 1.54) is 16.9 Å². The van der Waals surface area contributed by atoms with Crippen LogP contribution in [-0.2, 0) is 6.42 Å². The highest BCUT2D eigenvalue weighted by Crippen LogP contribution is 2.40. The summed E-state index contributed by atoms with van der Waals surface area (Å²) in [7, 11) is 1.66. The molecule has 0 saturated carbocycles. The molecule has 4 rings (SSSR count). The lowest BCUT2D eigenvalue weighted by Gasteiger charge is -2.17. The smallest absolute Gasteiger partial charge is 0.266 e. The van der Waals surface area contributed by atoms with Gasteiger partial charge < -0.3 is 20.8 Å². The molecule has 0 radical (unpaired) electrons. The number of nitrogens with one attached hydrogen (secondary N) is 2. The van der Waals surface area contributed by atoms with Gasteiger partial charge in [0.2, 0.25) is 0 Å². The highest BCUT2D eigenvalue weighted by Gasteiger charge is 2.17. The number of H-pyrrole nitrogens is 1. The molecule has 0 spiro atoms. The molecule has 0 bridgehead atoms. The van der Waals surface area contributed by atoms with Gasteiger partial charge in [0.25, 0.3) is 5.56 Å². The fraction of sp³-hybridized carbons (Fsp3) is 0.190. The van der Waals surface area contributed by atoms with Gasteiger partial charge in [-0.2, -0.15) is 0 Å². The van der Waals surface area contributed by atoms with E-state index in [2.05, 4.69) is 22.4 Å². The van der Waals surface area contributed by atoms with Crippen molar-refractivity contribution >= 4 is 43.7 Å². The van der Waals surface area contributed by atoms with E-state index in [0.717, 1.165) is 50.1 Å². The summed E-state index contributed by atoms with van der Waals surface area (Å²) in [6, 6.07) is 12.1. The highest BCUT2D eigenvalue weighted by molar-refractivity contribution is 7.17. The van der Waals surface area contributed by atoms with Crippen molar-refractivity contribution in [2.24, 2.45) is 5.73 Å². The first-order valence-corrected chi connectivity index (χ1v) is 9.67. The van der Waals surface area contributed by atoms with Gasteiger partial charge in [-0.05, 0) is 60.7 Å². The Morgan fingerprint density at radius 1 is 1.26 bits per heavy atom. The number of hydrogen-bond acceptors (Lipinski definition) is 5. The topological polar surface area (TPSA) is 80.1 Å². The molecule has 6 heteroatoms. The van der Waals surface area contributed by atoms with Crippen LogP contribution in [0.3, 0.4) is 0 Å². The number of pyridine rings is 1. The Kier molecular flexibility index (Phi) is 4.59. The molecule has 0 unspecified atom stereocenters. The fourth-order valence-electron chi connectivity index (χ4n) is 3.47. The predicted octanol–water partition coefficient (Wildman–Crippen LogP) is 4.30. The van der Waals surface area contributed by atoms with E-state index < -0.39 is 0 Å². The number of aromatic nitrogens is 1. The SMILES string of the molecule is COc1cc(C)c2[nH]c(=O)c3sccc3c2c1Nc1cccc(CCN)c1. The van der Waals surface area contributed by atoms with Gasteiger partial charge >= 0.3 is 0 Å². The molecule has 0 saturated heterocycles. The van der Waals surface area contributed by atoms with Gasteiger partial charge in [0, 0.05) is 16.5 Å². The first kappa shape index (κ1) is 17.6. The second kappa shape index (κ2) is 7.06. The van der Waals surface area contributed by atoms with Crippen LogP contribution in [0.1, 0.15) is 11.1 Å². The summed E-state index contributed by atoms with van der Waals surface area (Å²) < 4.78 is 6.39. The zero-order valence-electron chi connectivity index (χ0n) is 15.3. The van der Waals surface area contributed by atoms with Gasteiger partial charge in [0.1, 0.15) is 10.4 Å². The number of benzene rings is 2. The Morgan fingerprint density at radius 3 is 2.89 bits per heavy atom. The number of fused-ring (bicyclic) bond motifs is 3. The van der Waals surface area contributed by atoms with Crippen LogP contribution in [0.15, 0.2) is 46.6 Å². The number of methoxy groups -OCH3 is 1. The van der Waals surface area contributed by atoms with Gasteiger partial charge in [-0.25, -0.2) is 0 Å². The molecule has 2 aromatic heterocycles. The number of rotatable bonds is 5. The Balaban J connectivity index is 1.98. The van der Waals surface area contributed by atoms with Crippen LogP contribution in [0.25, 0.3) is 21.0 Å². The van der Waals surface area contributed by atoms with Crippen LogP contribution in [-0.4, -0.2) is 18.6 Å². The summed E-state index contributed by atoms with van der Waals surface area (Å²) in [5, 5.41) is 7.35. The number of hydrogen-bond donors (Lipinski definition) is 3. The fourth-order valence-corrected chi connectivity index (χ4v) is 4.27. The zero-order chi connectivity index (χ0) is 19.0. The molecule has 4 N–H and O–H groups in total. The van der Waals surface area contributed by atoms with Crippen molar-refractivity contribution < 1.29 is 4.74 Å². The number of anilines is 2. The molecule has 2 aromatic carbocycles. The zero-order valence-corrected chi connectivity index (χ0v) is 16.1. The van der Waals surface area contributed by atoms with Gasteiger partial charge in [-0.15, -0.1) is 11.3 Å². The summed E-state index contributed by atoms with van der Waals surface area (Å²) in [4.78, 5) is 15.5. The van der Waals surface area contributed by atoms with Crippen molar-refractivity contribution in [2.75, 3.05) is 19.0 Å². The summed E-state index contributed by atoms with van der Waals surface area (Å²) in [6.45, 7) is 2.58. The number of ether oxygens (including phenoxy) is 1. The van der Waals surface area contributed by atoms with Gasteiger partial charge in [0.05, 0.1) is 18.3 Å². The third kappa shape index (κ3) is 3.07. The molecule has 0 aliphatic heterocycles. The number of nitrogens with two attached hydrogens (primary N) is 1. The van der Waals surface area contributed by atoms with Crippen LogP contribution in [0.5, 0.6) is 5.75 Å². The summed E-state index contributed by atoms with van der Waals surface area (Å²) >= 11 is 1.45. The van der Waals surface area contributed by atoms with Crippen molar-refractivity contribution in [2.45, 2.75) is 13.3 Å². The quantitative estimate of drug-likeness (QED) is 0.483. The van der Waals surface area contributed by atoms with Gasteiger partial charge in [-0.1, -0.05) is 12.1 Å². The Bertz CT molecular complexity index is 1190. The molecular formula is C21H21N3O2S. The molecule has 27 heavy (non-hydrogen) atoms. The largest absolute Gasteiger partial charge is 0.495 e. The molecule has 138 valence electrons. The highest BCUT2D eigenvalue weighted by atomic mass is 32.1. The molecule has 0 atom stereocenters. The van der Waals surface area contributed by atoms with Crippen LogP contribution >= 0.6 is 11.3 Å². The second-order valence-electron chi connectivity index (χ2n) is 6.50. The van der Waals surface area contributed by atoms with Gasteiger partial charge in [-0.3, -0.25) is 4.79 Å². The van der Waals surface area contributed by atoms with Crippen molar-refractivity contribution in [3.63, 3.8) is 0 Å².